The van der Waals surface area contributed by atoms with Gasteiger partial charge in [0.25, 0.3) is 0 Å². The normalized spacial score (nSPS) is 17.2. The Balaban J connectivity index is 1.60. The molecule has 0 saturated carbocycles. The molecule has 2 N–H and O–H groups in total. The fourth-order valence-electron chi connectivity index (χ4n) is 4.02. The lowest BCUT2D eigenvalue weighted by atomic mass is 9.98. The second-order valence-corrected chi connectivity index (χ2v) is 10.8. The summed E-state index contributed by atoms with van der Waals surface area (Å²) in [7, 11) is -3.78. The van der Waals surface area contributed by atoms with Gasteiger partial charge in [0, 0.05) is 31.7 Å². The second kappa shape index (κ2) is 10.5. The highest BCUT2D eigenvalue weighted by Gasteiger charge is 2.36. The number of nitrogens with zero attached hydrogens (tertiary/aromatic N) is 2. The third-order valence-electron chi connectivity index (χ3n) is 5.59. The van der Waals surface area contributed by atoms with Crippen LogP contribution in [-0.4, -0.2) is 42.8 Å². The van der Waals surface area contributed by atoms with Crippen LogP contribution < -0.4 is 10.6 Å². The van der Waals surface area contributed by atoms with Gasteiger partial charge in [-0.3, -0.25) is 9.59 Å². The maximum atomic E-state index is 13.1. The molecule has 1 aliphatic heterocycles. The van der Waals surface area contributed by atoms with Crippen LogP contribution >= 0.6 is 0 Å². The van der Waals surface area contributed by atoms with Gasteiger partial charge in [-0.15, -0.1) is 0 Å². The van der Waals surface area contributed by atoms with E-state index >= 15 is 0 Å². The van der Waals surface area contributed by atoms with Crippen molar-refractivity contribution < 1.29 is 22.5 Å². The summed E-state index contributed by atoms with van der Waals surface area (Å²) in [6.45, 7) is 7.89. The maximum absolute atomic E-state index is 13.1. The molecule has 1 aliphatic rings. The highest BCUT2D eigenvalue weighted by Crippen LogP contribution is 2.27. The van der Waals surface area contributed by atoms with Crippen LogP contribution in [-0.2, 0) is 26.2 Å². The van der Waals surface area contributed by atoms with Gasteiger partial charge in [0.1, 0.15) is 10.6 Å². The highest BCUT2D eigenvalue weighted by molar-refractivity contribution is 7.89. The Bertz CT molecular complexity index is 1090. The van der Waals surface area contributed by atoms with E-state index in [0.29, 0.717) is 43.7 Å². The number of sulfonamides is 1. The van der Waals surface area contributed by atoms with Gasteiger partial charge in [-0.25, -0.2) is 8.42 Å². The third kappa shape index (κ3) is 6.20. The minimum Gasteiger partial charge on any atom is -0.360 e. The van der Waals surface area contributed by atoms with Crippen molar-refractivity contribution in [1.82, 2.24) is 14.8 Å². The number of nitrogens with one attached hydrogen (secondary N) is 2. The van der Waals surface area contributed by atoms with Gasteiger partial charge in [-0.05, 0) is 50.3 Å². The van der Waals surface area contributed by atoms with E-state index in [2.05, 4.69) is 15.8 Å². The van der Waals surface area contributed by atoms with Crippen LogP contribution in [0.1, 0.15) is 50.1 Å². The molecule has 33 heavy (non-hydrogen) atoms. The van der Waals surface area contributed by atoms with Gasteiger partial charge in [-0.2, -0.15) is 4.31 Å². The van der Waals surface area contributed by atoms with Gasteiger partial charge >= 0.3 is 0 Å². The zero-order chi connectivity index (χ0) is 24.2. The molecule has 2 amide bonds. The molecule has 1 unspecified atom stereocenters. The summed E-state index contributed by atoms with van der Waals surface area (Å²) in [4.78, 5) is 24.9. The Morgan fingerprint density at radius 3 is 2.70 bits per heavy atom. The van der Waals surface area contributed by atoms with Crippen LogP contribution in [0.4, 0.5) is 5.69 Å². The molecule has 1 aromatic carbocycles. The minimum absolute atomic E-state index is 0.0482. The first-order valence-corrected chi connectivity index (χ1v) is 12.6. The molecular formula is C23H32N4O5S. The molecule has 0 radical (unpaired) electrons. The van der Waals surface area contributed by atoms with E-state index in [9.17, 15) is 18.0 Å². The fourth-order valence-corrected chi connectivity index (χ4v) is 5.84. The lowest BCUT2D eigenvalue weighted by Gasteiger charge is -2.31. The van der Waals surface area contributed by atoms with Crippen molar-refractivity contribution in [3.05, 3.63) is 41.3 Å². The van der Waals surface area contributed by atoms with Gasteiger partial charge in [0.15, 0.2) is 5.76 Å². The first-order chi connectivity index (χ1) is 15.6. The van der Waals surface area contributed by atoms with Gasteiger partial charge in [0.2, 0.25) is 21.8 Å². The topological polar surface area (TPSA) is 122 Å². The predicted octanol–water partition coefficient (Wildman–Crippen LogP) is 2.99. The number of amides is 2. The molecule has 2 heterocycles. The molecule has 0 bridgehead atoms. The van der Waals surface area contributed by atoms with Crippen molar-refractivity contribution >= 4 is 27.5 Å². The number of rotatable bonds is 8. The largest absolute Gasteiger partial charge is 0.360 e. The van der Waals surface area contributed by atoms with Crippen molar-refractivity contribution in [2.75, 3.05) is 18.4 Å². The summed E-state index contributed by atoms with van der Waals surface area (Å²) in [5.74, 6) is -0.165. The molecule has 9 nitrogen and oxygen atoms in total. The molecule has 1 saturated heterocycles. The molecule has 1 fully saturated rings. The van der Waals surface area contributed by atoms with E-state index in [1.165, 1.54) is 4.31 Å². The van der Waals surface area contributed by atoms with E-state index in [1.54, 1.807) is 13.8 Å². The van der Waals surface area contributed by atoms with E-state index < -0.39 is 15.9 Å². The third-order valence-corrected chi connectivity index (χ3v) is 7.70. The number of benzene rings is 1. The molecule has 0 aliphatic carbocycles. The molecule has 3 rings (SSSR count). The number of carbonyl (C=O) groups is 2. The van der Waals surface area contributed by atoms with E-state index in [0.717, 1.165) is 5.56 Å². The lowest BCUT2D eigenvalue weighted by Crippen LogP contribution is -2.45. The monoisotopic (exact) mass is 476 g/mol. The maximum Gasteiger partial charge on any atom is 0.248 e. The summed E-state index contributed by atoms with van der Waals surface area (Å²) in [5, 5.41) is 9.53. The van der Waals surface area contributed by atoms with E-state index in [1.807, 2.05) is 38.1 Å². The van der Waals surface area contributed by atoms with Crippen LogP contribution in [0.3, 0.4) is 0 Å². The smallest absolute Gasteiger partial charge is 0.248 e. The average molecular weight is 477 g/mol. The van der Waals surface area contributed by atoms with Crippen LogP contribution in [0.25, 0.3) is 0 Å². The van der Waals surface area contributed by atoms with Crippen LogP contribution in [0.2, 0.25) is 0 Å². The summed E-state index contributed by atoms with van der Waals surface area (Å²) >= 11 is 0. The number of anilines is 1. The number of aryl methyl sites for hydroxylation is 2. The molecule has 10 heteroatoms. The van der Waals surface area contributed by atoms with Crippen molar-refractivity contribution in [2.45, 2.75) is 58.4 Å². The summed E-state index contributed by atoms with van der Waals surface area (Å²) in [5.41, 5.74) is 1.85. The predicted molar refractivity (Wildman–Crippen MR) is 124 cm³/mol. The second-order valence-electron chi connectivity index (χ2n) is 8.92. The Labute approximate surface area is 195 Å². The quantitative estimate of drug-likeness (QED) is 0.604. The number of hydrogen-bond donors (Lipinski definition) is 2. The molecule has 0 spiro atoms. The molecular weight excluding hydrogens is 444 g/mol. The zero-order valence-electron chi connectivity index (χ0n) is 19.6. The molecule has 180 valence electrons. The van der Waals surface area contributed by atoms with Crippen LogP contribution in [0.5, 0.6) is 0 Å². The number of hydrogen-bond acceptors (Lipinski definition) is 6. The summed E-state index contributed by atoms with van der Waals surface area (Å²) in [6, 6.07) is 7.33. The van der Waals surface area contributed by atoms with Crippen LogP contribution in [0.15, 0.2) is 33.7 Å². The van der Waals surface area contributed by atoms with Crippen molar-refractivity contribution in [1.29, 1.82) is 0 Å². The van der Waals surface area contributed by atoms with Gasteiger partial charge in [0.05, 0.1) is 5.92 Å². The first-order valence-electron chi connectivity index (χ1n) is 11.2. The molecule has 1 atom stereocenters. The Morgan fingerprint density at radius 1 is 1.27 bits per heavy atom. The summed E-state index contributed by atoms with van der Waals surface area (Å²) in [6.07, 6.45) is 1.65. The fraction of sp³-hybridized carbons (Fsp3) is 0.522. The van der Waals surface area contributed by atoms with Gasteiger partial charge in [-0.1, -0.05) is 31.1 Å². The van der Waals surface area contributed by atoms with Crippen molar-refractivity contribution in [3.63, 3.8) is 0 Å². The zero-order valence-corrected chi connectivity index (χ0v) is 20.4. The van der Waals surface area contributed by atoms with Crippen molar-refractivity contribution in [3.8, 4) is 0 Å². The SMILES string of the molecule is Cc1noc(C)c1S(=O)(=O)N1CCCC(C(=O)NCc2cccc(NC(=O)CC(C)C)c2)C1. The van der Waals surface area contributed by atoms with Crippen LogP contribution in [0, 0.1) is 25.7 Å². The Hall–Kier alpha value is -2.72. The molecule has 1 aromatic heterocycles. The Kier molecular flexibility index (Phi) is 7.91. The molecule has 2 aromatic rings. The standard InChI is InChI=1S/C23H32N4O5S/c1-15(2)11-21(28)25-20-9-5-7-18(12-20)13-24-23(29)19-8-6-10-27(14-19)33(30,31)22-16(3)26-32-17(22)4/h5,7,9,12,15,19H,6,8,10-11,13-14H2,1-4H3,(H,24,29)(H,25,28). The van der Waals surface area contributed by atoms with Gasteiger partial charge < -0.3 is 15.2 Å². The van der Waals surface area contributed by atoms with E-state index in [-0.39, 0.29) is 34.9 Å². The van der Waals surface area contributed by atoms with E-state index in [4.69, 9.17) is 4.52 Å². The highest BCUT2D eigenvalue weighted by atomic mass is 32.2. The number of piperidine rings is 1. The van der Waals surface area contributed by atoms with Crippen molar-refractivity contribution in [2.24, 2.45) is 11.8 Å². The minimum atomic E-state index is -3.78. The summed E-state index contributed by atoms with van der Waals surface area (Å²) < 4.78 is 32.5. The lowest BCUT2D eigenvalue weighted by molar-refractivity contribution is -0.126. The first kappa shape index (κ1) is 24.9. The number of carbonyl (C=O) groups excluding carboxylic acids is 2. The average Bonchev–Trinajstić information content (AvgIpc) is 3.10. The Morgan fingerprint density at radius 2 is 2.03 bits per heavy atom. The number of aromatic nitrogens is 1.